The van der Waals surface area contributed by atoms with Crippen LogP contribution < -0.4 is 15.4 Å². The predicted molar refractivity (Wildman–Crippen MR) is 113 cm³/mol. The number of carbonyl (C=O) groups is 2. The fourth-order valence-corrected chi connectivity index (χ4v) is 6.44. The van der Waals surface area contributed by atoms with Crippen molar-refractivity contribution in [1.82, 2.24) is 15.6 Å². The van der Waals surface area contributed by atoms with Crippen molar-refractivity contribution < 1.29 is 14.3 Å². The smallest absolute Gasteiger partial charge is 0.239 e. The number of amides is 2. The van der Waals surface area contributed by atoms with E-state index in [0.717, 1.165) is 29.9 Å². The van der Waals surface area contributed by atoms with E-state index in [-0.39, 0.29) is 23.8 Å². The molecule has 0 aromatic carbocycles. The normalized spacial score (nSPS) is 31.4. The lowest BCUT2D eigenvalue weighted by Gasteiger charge is -2.56. The summed E-state index contributed by atoms with van der Waals surface area (Å²) in [5.41, 5.74) is 1.13. The molecule has 6 heteroatoms. The van der Waals surface area contributed by atoms with Gasteiger partial charge in [0.05, 0.1) is 13.2 Å². The molecular formula is C24H33N3O3. The summed E-state index contributed by atoms with van der Waals surface area (Å²) in [7, 11) is 0. The van der Waals surface area contributed by atoms with E-state index in [4.69, 9.17) is 4.74 Å². The average Bonchev–Trinajstić information content (AvgIpc) is 3.53. The average molecular weight is 412 g/mol. The van der Waals surface area contributed by atoms with Crippen LogP contribution in [0.3, 0.4) is 0 Å². The third-order valence-electron chi connectivity index (χ3n) is 7.60. The quantitative estimate of drug-likeness (QED) is 0.654. The Bertz CT molecular complexity index is 752. The van der Waals surface area contributed by atoms with Crippen molar-refractivity contribution in [3.05, 3.63) is 23.9 Å². The summed E-state index contributed by atoms with van der Waals surface area (Å²) in [6.45, 7) is 1.19. The Kier molecular flexibility index (Phi) is 5.42. The van der Waals surface area contributed by atoms with Gasteiger partial charge in [-0.25, -0.2) is 4.98 Å². The minimum atomic E-state index is -0.164. The number of hydrogen-bond acceptors (Lipinski definition) is 4. The van der Waals surface area contributed by atoms with Gasteiger partial charge in [-0.3, -0.25) is 9.59 Å². The van der Waals surface area contributed by atoms with Crippen molar-refractivity contribution in [1.29, 1.82) is 0 Å². The van der Waals surface area contributed by atoms with Crippen molar-refractivity contribution >= 4 is 11.8 Å². The SMILES string of the molecule is O=C(CNC(=O)CC12CC3CC(CC(C3)C1)C2)NCc1ccc(OCC2CC2)nc1. The summed E-state index contributed by atoms with van der Waals surface area (Å²) < 4.78 is 5.63. The Morgan fingerprint density at radius 3 is 2.30 bits per heavy atom. The summed E-state index contributed by atoms with van der Waals surface area (Å²) in [5.74, 6) is 3.72. The number of nitrogens with one attached hydrogen (secondary N) is 2. The van der Waals surface area contributed by atoms with Crippen LogP contribution in [0.2, 0.25) is 0 Å². The summed E-state index contributed by atoms with van der Waals surface area (Å²) >= 11 is 0. The molecule has 2 N–H and O–H groups in total. The first-order valence-electron chi connectivity index (χ1n) is 11.7. The highest BCUT2D eigenvalue weighted by Crippen LogP contribution is 2.61. The Hall–Kier alpha value is -2.11. The number of hydrogen-bond donors (Lipinski definition) is 2. The Morgan fingerprint density at radius 1 is 1.00 bits per heavy atom. The van der Waals surface area contributed by atoms with Crippen LogP contribution in [-0.2, 0) is 16.1 Å². The van der Waals surface area contributed by atoms with Crippen LogP contribution in [0.4, 0.5) is 0 Å². The van der Waals surface area contributed by atoms with Gasteiger partial charge in [-0.05, 0) is 86.0 Å². The Morgan fingerprint density at radius 2 is 1.70 bits per heavy atom. The number of aromatic nitrogens is 1. The van der Waals surface area contributed by atoms with Gasteiger partial charge in [0.2, 0.25) is 17.7 Å². The molecule has 5 fully saturated rings. The zero-order valence-corrected chi connectivity index (χ0v) is 17.7. The maximum atomic E-state index is 12.5. The van der Waals surface area contributed by atoms with Crippen molar-refractivity contribution in [3.63, 3.8) is 0 Å². The van der Waals surface area contributed by atoms with E-state index in [2.05, 4.69) is 15.6 Å². The zero-order chi connectivity index (χ0) is 20.6. The molecule has 1 heterocycles. The summed E-state index contributed by atoms with van der Waals surface area (Å²) in [4.78, 5) is 29.0. The lowest BCUT2D eigenvalue weighted by Crippen LogP contribution is -2.48. The monoisotopic (exact) mass is 411 g/mol. The molecule has 2 amide bonds. The molecule has 5 saturated carbocycles. The van der Waals surface area contributed by atoms with Crippen LogP contribution >= 0.6 is 0 Å². The summed E-state index contributed by atoms with van der Waals surface area (Å²) in [6.07, 6.45) is 12.6. The Labute approximate surface area is 178 Å². The van der Waals surface area contributed by atoms with Crippen LogP contribution in [0.15, 0.2) is 18.3 Å². The van der Waals surface area contributed by atoms with Crippen molar-refractivity contribution in [2.45, 2.75) is 64.3 Å². The standard InChI is InChI=1S/C24H33N3O3/c28-21(11-24-8-18-5-19(9-24)7-20(6-18)10-24)26-14-22(29)25-12-17-3-4-23(27-13-17)30-15-16-1-2-16/h3-4,13,16,18-20H,1-2,5-12,14-15H2,(H,25,29)(H,26,28). The van der Waals surface area contributed by atoms with E-state index in [1.54, 1.807) is 6.20 Å². The van der Waals surface area contributed by atoms with E-state index < -0.39 is 0 Å². The zero-order valence-electron chi connectivity index (χ0n) is 17.7. The van der Waals surface area contributed by atoms with Crippen molar-refractivity contribution in [2.24, 2.45) is 29.1 Å². The Balaban J connectivity index is 1.02. The molecule has 5 aliphatic carbocycles. The van der Waals surface area contributed by atoms with Gasteiger partial charge in [0, 0.05) is 25.2 Å². The van der Waals surface area contributed by atoms with Crippen LogP contribution in [-0.4, -0.2) is 29.9 Å². The van der Waals surface area contributed by atoms with E-state index >= 15 is 0 Å². The minimum absolute atomic E-state index is 0.0333. The number of pyridine rings is 1. The molecule has 0 atom stereocenters. The maximum Gasteiger partial charge on any atom is 0.239 e. The third kappa shape index (κ3) is 4.79. The summed E-state index contributed by atoms with van der Waals surface area (Å²) in [6, 6.07) is 3.76. The first-order valence-corrected chi connectivity index (χ1v) is 11.7. The molecule has 0 saturated heterocycles. The molecule has 4 bridgehead atoms. The van der Waals surface area contributed by atoms with Gasteiger partial charge in [-0.2, -0.15) is 0 Å². The highest BCUT2D eigenvalue weighted by atomic mass is 16.5. The molecule has 0 unspecified atom stereocenters. The highest BCUT2D eigenvalue weighted by molar-refractivity contribution is 5.84. The molecular weight excluding hydrogens is 378 g/mol. The predicted octanol–water partition coefficient (Wildman–Crippen LogP) is 3.21. The van der Waals surface area contributed by atoms with Crippen LogP contribution in [0.5, 0.6) is 5.88 Å². The largest absolute Gasteiger partial charge is 0.477 e. The second kappa shape index (κ2) is 8.20. The topological polar surface area (TPSA) is 80.3 Å². The van der Waals surface area contributed by atoms with Gasteiger partial charge in [-0.1, -0.05) is 6.07 Å². The van der Waals surface area contributed by atoms with Gasteiger partial charge < -0.3 is 15.4 Å². The third-order valence-corrected chi connectivity index (χ3v) is 7.60. The molecule has 6 nitrogen and oxygen atoms in total. The molecule has 0 radical (unpaired) electrons. The fourth-order valence-electron chi connectivity index (χ4n) is 6.44. The molecule has 6 rings (SSSR count). The number of rotatable bonds is 9. The molecule has 1 aromatic heterocycles. The second-order valence-corrected chi connectivity index (χ2v) is 10.4. The van der Waals surface area contributed by atoms with Gasteiger partial charge in [0.1, 0.15) is 0 Å². The van der Waals surface area contributed by atoms with Gasteiger partial charge in [-0.15, -0.1) is 0 Å². The molecule has 1 aromatic rings. The van der Waals surface area contributed by atoms with Crippen molar-refractivity contribution in [2.75, 3.05) is 13.2 Å². The second-order valence-electron chi connectivity index (χ2n) is 10.4. The lowest BCUT2D eigenvalue weighted by molar-refractivity contribution is -0.131. The van der Waals surface area contributed by atoms with Crippen molar-refractivity contribution in [3.8, 4) is 5.88 Å². The molecule has 5 aliphatic rings. The van der Waals surface area contributed by atoms with E-state index in [0.29, 0.717) is 24.8 Å². The molecule has 162 valence electrons. The van der Waals surface area contributed by atoms with Crippen LogP contribution in [0.25, 0.3) is 0 Å². The van der Waals surface area contributed by atoms with Gasteiger partial charge in [0.25, 0.3) is 0 Å². The van der Waals surface area contributed by atoms with Crippen LogP contribution in [0.1, 0.15) is 63.4 Å². The fraction of sp³-hybridized carbons (Fsp3) is 0.708. The van der Waals surface area contributed by atoms with Gasteiger partial charge >= 0.3 is 0 Å². The van der Waals surface area contributed by atoms with Gasteiger partial charge in [0.15, 0.2) is 0 Å². The number of ether oxygens (including phenoxy) is 1. The summed E-state index contributed by atoms with van der Waals surface area (Å²) in [5, 5.41) is 5.71. The molecule has 30 heavy (non-hydrogen) atoms. The maximum absolute atomic E-state index is 12.5. The molecule has 0 aliphatic heterocycles. The first-order chi connectivity index (χ1) is 14.6. The van der Waals surface area contributed by atoms with E-state index in [1.807, 2.05) is 12.1 Å². The number of carbonyl (C=O) groups excluding carboxylic acids is 2. The molecule has 0 spiro atoms. The minimum Gasteiger partial charge on any atom is -0.477 e. The van der Waals surface area contributed by atoms with E-state index in [9.17, 15) is 9.59 Å². The van der Waals surface area contributed by atoms with E-state index in [1.165, 1.54) is 51.4 Å². The van der Waals surface area contributed by atoms with Crippen LogP contribution in [0, 0.1) is 29.1 Å². The lowest BCUT2D eigenvalue weighted by atomic mass is 9.49. The highest BCUT2D eigenvalue weighted by Gasteiger charge is 2.51. The first kappa shape index (κ1) is 19.8. The number of nitrogens with zero attached hydrogens (tertiary/aromatic N) is 1.